The Morgan fingerprint density at radius 3 is 1.93 bits per heavy atom. The van der Waals surface area contributed by atoms with Crippen molar-refractivity contribution in [2.24, 2.45) is 35.5 Å². The number of aryl methyl sites for hydroxylation is 1. The molecule has 2 aromatic carbocycles. The number of phenols is 1. The summed E-state index contributed by atoms with van der Waals surface area (Å²) >= 11 is 7.58. The molecule has 41 nitrogen and oxygen atoms in total. The van der Waals surface area contributed by atoms with E-state index in [0.29, 0.717) is 22.5 Å². The maximum Gasteiger partial charge on any atom is 1.00 e. The molecule has 0 radical (unpaired) electrons. The molecule has 122 heavy (non-hydrogen) atoms. The zero-order valence-corrected chi connectivity index (χ0v) is 75.7. The Balaban J connectivity index is 0.000000203. The summed E-state index contributed by atoms with van der Waals surface area (Å²) in [6.07, 6.45) is -1.69. The summed E-state index contributed by atoms with van der Waals surface area (Å²) in [5, 5.41) is 122. The van der Waals surface area contributed by atoms with Gasteiger partial charge in [-0.15, -0.1) is 75.5 Å². The summed E-state index contributed by atoms with van der Waals surface area (Å²) < 4.78 is 5.45. The number of anilines is 1. The number of likely N-dealkylation sites (N-methyl/N-ethyl adjacent to an activating group) is 1. The molecule has 5 aromatic rings. The first-order chi connectivity index (χ1) is 55.9. The molecule has 9 aliphatic rings. The number of aromatic nitrogens is 4. The van der Waals surface area contributed by atoms with E-state index in [9.17, 15) is 118 Å². The smallest absolute Gasteiger partial charge is 0.510 e. The Kier molecular flexibility index (Phi) is 31.5. The molecule has 6 aliphatic heterocycles. The summed E-state index contributed by atoms with van der Waals surface area (Å²) in [5.41, 5.74) is 9.85. The van der Waals surface area contributed by atoms with Gasteiger partial charge in [0.25, 0.3) is 29.5 Å². The second-order valence-corrected chi connectivity index (χ2v) is 35.4. The number of benzene rings is 2. The number of aliphatic hydroxyl groups is 5. The quantitative estimate of drug-likeness (QED) is 0.00655. The Labute approximate surface area is 766 Å². The molecule has 0 unspecified atom stereocenters. The third kappa shape index (κ3) is 18.6. The summed E-state index contributed by atoms with van der Waals surface area (Å²) in [6, 6.07) is 10.8. The number of fused-ring (bicyclic) bond motifs is 6. The first kappa shape index (κ1) is 98.4. The van der Waals surface area contributed by atoms with Crippen LogP contribution in [-0.4, -0.2) is 281 Å². The molecule has 14 atom stereocenters. The van der Waals surface area contributed by atoms with Crippen LogP contribution in [0.5, 0.6) is 11.6 Å². The van der Waals surface area contributed by atoms with Crippen LogP contribution in [0.2, 0.25) is 0 Å². The van der Waals surface area contributed by atoms with Crippen molar-refractivity contribution >= 4 is 170 Å². The number of carbonyl (C=O) groups is 13. The number of esters is 1. The number of aromatic hydroxyl groups is 2. The number of thiophene rings is 1. The van der Waals surface area contributed by atoms with Crippen molar-refractivity contribution in [1.29, 1.82) is 0 Å². The number of ketones is 2. The number of nitrogen functional groups attached to an aromatic ring is 1. The number of Topliss-reactive ketones (excluding diaryl/α,β-unsaturated/α-hetero) is 2. The van der Waals surface area contributed by atoms with Gasteiger partial charge >= 0.3 is 88.6 Å². The average molecular weight is 1840 g/mol. The van der Waals surface area contributed by atoms with Gasteiger partial charge in [0.15, 0.2) is 27.4 Å². The number of nitrogens with zero attached hydrogens (tertiary/aromatic N) is 9. The molecule has 3 aromatic heterocycles. The Bertz CT molecular complexity index is 5330. The van der Waals surface area contributed by atoms with Crippen molar-refractivity contribution in [3.8, 4) is 11.6 Å². The maximum absolute atomic E-state index is 13.3. The Morgan fingerprint density at radius 1 is 0.787 bits per heavy atom. The Morgan fingerprint density at radius 2 is 1.39 bits per heavy atom. The van der Waals surface area contributed by atoms with Crippen LogP contribution in [-0.2, 0) is 86.2 Å². The number of aliphatic carboxylic acids is 3. The van der Waals surface area contributed by atoms with Crippen LogP contribution in [0, 0.1) is 11.8 Å². The number of β-lactam (4-membered cyclic amide) rings is 3. The molecule has 0 spiro atoms. The third-order valence-electron chi connectivity index (χ3n) is 20.4. The number of nitrogens with two attached hydrogens (primary N) is 3. The van der Waals surface area contributed by atoms with Gasteiger partial charge in [-0.05, 0) is 69.1 Å². The summed E-state index contributed by atoms with van der Waals surface area (Å²) in [6.45, 7) is 5.89. The number of thiazole rings is 1. The van der Waals surface area contributed by atoms with Gasteiger partial charge in [-0.3, -0.25) is 67.4 Å². The number of amides is 7. The van der Waals surface area contributed by atoms with E-state index in [-0.39, 0.29) is 157 Å². The average Bonchev–Trinajstić information content (AvgIpc) is 0.917. The van der Waals surface area contributed by atoms with Crippen molar-refractivity contribution in [3.05, 3.63) is 154 Å². The SMILES string of the molecule is CC(=O)OCC1=C(C(=O)O)N2C(=O)[C@@H](NC(=O)Cc3cccs3)[C@H]2SC1.CC1(C)S[C@@H]2[C@H](NC(=O)[C@H](N)c3ccccc3)C(=O)N2[C@H]1C(=O)O.CN(C)[C@@H]1C(O)=C(C(N)=O)C(=O)[C@@]2(O)C(O)=C3C(=O)c4c(O)cccc4[C@@](C)(O)[C@H]3[C@H](O)[C@@H]12.CO/N=C(\C(=O)N[C@@H]1C(=O)N2C(C(=O)O)=C(CSc3nc(=O)c(O)nn3C)CS[C@H]12)c1csc(N)n1.Cl.[Na+].[Na+]. The summed E-state index contributed by atoms with van der Waals surface area (Å²) in [5.74, 6) is -16.8. The molecule has 4 saturated heterocycles. The van der Waals surface area contributed by atoms with Gasteiger partial charge < -0.3 is 98.7 Å². The van der Waals surface area contributed by atoms with Gasteiger partial charge in [0, 0.05) is 51.8 Å². The predicted octanol–water partition coefficient (Wildman–Crippen LogP) is -7.10. The second kappa shape index (κ2) is 39.0. The van der Waals surface area contributed by atoms with Crippen molar-refractivity contribution in [1.82, 2.24) is 55.3 Å². The number of halogens is 1. The van der Waals surface area contributed by atoms with Gasteiger partial charge in [0.2, 0.25) is 23.5 Å². The summed E-state index contributed by atoms with van der Waals surface area (Å²) in [7, 11) is 5.58. The fourth-order valence-corrected chi connectivity index (χ4v) is 21.6. The number of phenolic OH excluding ortho intramolecular Hbond substituents is 1. The van der Waals surface area contributed by atoms with E-state index in [1.165, 1.54) is 127 Å². The fourth-order valence-electron chi connectivity index (χ4n) is 15.0. The van der Waals surface area contributed by atoms with E-state index < -0.39 is 186 Å². The molecule has 14 rings (SSSR count). The number of primary amides is 1. The second-order valence-electron chi connectivity index (χ2n) is 28.5. The molecule has 9 heterocycles. The van der Waals surface area contributed by atoms with Crippen LogP contribution in [0.25, 0.3) is 0 Å². The number of thioether (sulfide) groups is 4. The Hall–Kier alpha value is -8.99. The number of nitrogens with one attached hydrogen (secondary N) is 3. The van der Waals surface area contributed by atoms with Crippen LogP contribution in [0.3, 0.4) is 0 Å². The molecule has 50 heteroatoms. The number of carbonyl (C=O) groups excluding carboxylic acids is 10. The number of carboxylic acids is 3. The van der Waals surface area contributed by atoms with Crippen molar-refractivity contribution in [2.75, 3.05) is 50.8 Å². The standard InChI is InChI=1S/C22H24N2O9.C18H18N8O7S3.C16H19N3O4S.C16H16N2O6S2.ClH.2Na/c1-21(32)7-5-4-6-8(25)9(7)15(26)10-12(21)17(28)13-14(24(2)3)16(27)11(20(23)31)19(30)22(13,33)18(10)29;1-25-18(22-12(28)13(29)23-25)36-4-6-3-34-15-9(14(30)26(15)10(6)16(31)32)21-11(27)8(24-33-2)7-5-35-17(19)20-7;1-16(2)11(15(22)23)19-13(21)10(14(19)24-16)18-12(20)9(17)8-6-4-3-5-7-8;1-8(19)24-6-9-7-26-15-12(14(21)18(15)13(9)16(22)23)17-11(20)5-10-3-2-4-25-10;;;/h4-6,12-14,17,25,27-29,32-33H,1-3H3,(H2,23,31);5,9,15H,3-4H2,1-2H3,(H2,19,20)(H,21,27)(H,23,29)(H,31,32);3-7,9-11,14H,17H2,1-2H3,(H,18,20)(H,22,23);2-4,12,15H,5-7H2,1H3,(H,17,20)(H,22,23);1H;;/q;;;;;2*+1/b;24-8-;;;;;/t12-,13-,14+,17+,21-,22+;9-,15-;9-,10-,11+,14-;12-,15-;;;/m1111.../s1. The monoisotopic (exact) mass is 1840 g/mol. The van der Waals surface area contributed by atoms with Crippen LogP contribution >= 0.6 is 82.1 Å². The van der Waals surface area contributed by atoms with Crippen LogP contribution in [0.15, 0.2) is 132 Å². The van der Waals surface area contributed by atoms with E-state index in [4.69, 9.17) is 26.8 Å². The number of rotatable bonds is 20. The largest absolute Gasteiger partial charge is 1.00 e. The van der Waals surface area contributed by atoms with Crippen LogP contribution in [0.4, 0.5) is 5.13 Å². The molecule has 7 amide bonds. The van der Waals surface area contributed by atoms with Crippen molar-refractivity contribution < 1.29 is 182 Å². The number of oxime groups is 1. The van der Waals surface area contributed by atoms with E-state index in [1.54, 1.807) is 38.1 Å². The number of hydrogen-bond donors (Lipinski definition) is 16. The van der Waals surface area contributed by atoms with E-state index in [1.807, 2.05) is 23.6 Å². The topological polar surface area (TPSA) is 643 Å². The third-order valence-corrected chi connectivity index (χ3v) is 27.3. The zero-order valence-electron chi connectivity index (χ0n) is 66.0. The van der Waals surface area contributed by atoms with Crippen LogP contribution < -0.4 is 97.8 Å². The molecule has 640 valence electrons. The van der Waals surface area contributed by atoms with Gasteiger partial charge in [-0.1, -0.05) is 65.4 Å². The number of ether oxygens (including phenoxy) is 1. The number of aliphatic hydroxyl groups excluding tert-OH is 3. The van der Waals surface area contributed by atoms with E-state index in [0.717, 1.165) is 37.8 Å². The molecule has 0 bridgehead atoms. The van der Waals surface area contributed by atoms with Crippen molar-refractivity contribution in [3.63, 3.8) is 0 Å². The maximum atomic E-state index is 13.3. The zero-order chi connectivity index (χ0) is 87.4. The molecule has 19 N–H and O–H groups in total. The van der Waals surface area contributed by atoms with E-state index in [2.05, 4.69) is 36.2 Å². The fraction of sp³-hybridized carbons (Fsp3) is 0.389. The molecule has 0 saturated carbocycles. The van der Waals surface area contributed by atoms with E-state index >= 15 is 0 Å². The molecular formula is C72H78ClN15Na2O26S6+2. The van der Waals surface area contributed by atoms with Gasteiger partial charge in [0.05, 0.1) is 47.1 Å². The number of carboxylic acid groups (broad SMARTS) is 3. The van der Waals surface area contributed by atoms with Crippen molar-refractivity contribution in [2.45, 2.75) is 114 Å². The van der Waals surface area contributed by atoms with Gasteiger partial charge in [-0.2, -0.15) is 4.98 Å². The minimum Gasteiger partial charge on any atom is -0.510 e. The van der Waals surface area contributed by atoms with Gasteiger partial charge in [0.1, 0.15) is 100.0 Å². The summed E-state index contributed by atoms with van der Waals surface area (Å²) in [4.78, 5) is 189. The number of hydrogen-bond acceptors (Lipinski definition) is 36. The molecule has 3 aliphatic carbocycles. The minimum atomic E-state index is -3.02. The predicted molar refractivity (Wildman–Crippen MR) is 431 cm³/mol. The van der Waals surface area contributed by atoms with Crippen LogP contribution in [0.1, 0.15) is 65.8 Å². The van der Waals surface area contributed by atoms with Gasteiger partial charge in [-0.25, -0.2) is 24.0 Å². The first-order valence-electron chi connectivity index (χ1n) is 35.3. The first-order valence-corrected chi connectivity index (χ1v) is 41.0. The molecule has 4 fully saturated rings. The molecular weight excluding hydrogens is 1760 g/mol. The normalized spacial score (nSPS) is 25.8. The minimum absolute atomic E-state index is 0.